The van der Waals surface area contributed by atoms with Crippen molar-refractivity contribution < 1.29 is 5.11 Å². The van der Waals surface area contributed by atoms with Crippen LogP contribution in [0.5, 0.6) is 0 Å². The molecule has 0 aromatic heterocycles. The van der Waals surface area contributed by atoms with Gasteiger partial charge in [-0.3, -0.25) is 0 Å². The van der Waals surface area contributed by atoms with Crippen LogP contribution in [0.3, 0.4) is 0 Å². The van der Waals surface area contributed by atoms with Crippen molar-refractivity contribution in [2.75, 3.05) is 0 Å². The Labute approximate surface area is 108 Å². The largest absolute Gasteiger partial charge is 0.389 e. The van der Waals surface area contributed by atoms with Crippen molar-refractivity contribution in [3.8, 4) is 0 Å². The minimum atomic E-state index is -0.577. The predicted molar refractivity (Wildman–Crippen MR) is 71.3 cm³/mol. The summed E-state index contributed by atoms with van der Waals surface area (Å²) in [6.45, 7) is 4.03. The minimum Gasteiger partial charge on any atom is -0.389 e. The van der Waals surface area contributed by atoms with E-state index in [9.17, 15) is 5.11 Å². The molecule has 2 nitrogen and oxygen atoms in total. The minimum absolute atomic E-state index is 0.177. The van der Waals surface area contributed by atoms with Crippen LogP contribution >= 0.6 is 11.6 Å². The number of aliphatic hydroxyl groups is 1. The fraction of sp³-hybridized carbons (Fsp3) is 0.571. The van der Waals surface area contributed by atoms with E-state index in [0.29, 0.717) is 0 Å². The first-order valence-corrected chi connectivity index (χ1v) is 6.61. The first kappa shape index (κ1) is 12.9. The Morgan fingerprint density at radius 1 is 1.53 bits per heavy atom. The average Bonchev–Trinajstić information content (AvgIpc) is 2.58. The molecule has 2 unspecified atom stereocenters. The first-order valence-electron chi connectivity index (χ1n) is 6.23. The molecule has 0 radical (unpaired) electrons. The van der Waals surface area contributed by atoms with Crippen LogP contribution in [0.25, 0.3) is 0 Å². The molecule has 0 spiro atoms. The molecule has 1 fully saturated rings. The molecule has 1 aromatic carbocycles. The van der Waals surface area contributed by atoms with E-state index >= 15 is 0 Å². The highest BCUT2D eigenvalue weighted by molar-refractivity contribution is 6.30. The number of hydrogen-bond donors (Lipinski definition) is 2. The monoisotopic (exact) mass is 253 g/mol. The van der Waals surface area contributed by atoms with Gasteiger partial charge >= 0.3 is 0 Å². The lowest BCUT2D eigenvalue weighted by Gasteiger charge is -2.29. The fourth-order valence-electron chi connectivity index (χ4n) is 2.59. The molecule has 1 aliphatic carbocycles. The molecule has 2 rings (SSSR count). The van der Waals surface area contributed by atoms with Crippen molar-refractivity contribution in [2.24, 2.45) is 0 Å². The van der Waals surface area contributed by atoms with E-state index in [1.54, 1.807) is 0 Å². The van der Waals surface area contributed by atoms with E-state index in [4.69, 9.17) is 11.6 Å². The van der Waals surface area contributed by atoms with Crippen molar-refractivity contribution in [3.63, 3.8) is 0 Å². The first-order chi connectivity index (χ1) is 7.99. The smallest absolute Gasteiger partial charge is 0.0772 e. The maximum absolute atomic E-state index is 10.2. The number of rotatable bonds is 3. The highest BCUT2D eigenvalue weighted by Crippen LogP contribution is 2.31. The Morgan fingerprint density at radius 2 is 2.29 bits per heavy atom. The molecular formula is C14H20ClNO. The van der Waals surface area contributed by atoms with Crippen molar-refractivity contribution in [3.05, 3.63) is 34.9 Å². The molecule has 0 saturated heterocycles. The maximum atomic E-state index is 10.2. The molecule has 17 heavy (non-hydrogen) atoms. The van der Waals surface area contributed by atoms with Gasteiger partial charge in [0.2, 0.25) is 0 Å². The standard InChI is InChI=1S/C14H20ClNO/c1-10(11-5-3-6-12(15)9-11)16-13-7-4-8-14(13,2)17/h3,5-6,9-10,13,16-17H,4,7-8H2,1-2H3/t10-,13?,14?/m1/s1. The summed E-state index contributed by atoms with van der Waals surface area (Å²) in [5, 5.41) is 14.5. The van der Waals surface area contributed by atoms with Crippen LogP contribution in [0.4, 0.5) is 0 Å². The lowest BCUT2D eigenvalue weighted by atomic mass is 9.98. The zero-order valence-electron chi connectivity index (χ0n) is 10.4. The van der Waals surface area contributed by atoms with Gasteiger partial charge in [-0.15, -0.1) is 0 Å². The summed E-state index contributed by atoms with van der Waals surface area (Å²) in [7, 11) is 0. The molecule has 3 heteroatoms. The highest BCUT2D eigenvalue weighted by atomic mass is 35.5. The second-order valence-electron chi connectivity index (χ2n) is 5.25. The third kappa shape index (κ3) is 3.01. The molecular weight excluding hydrogens is 234 g/mol. The molecule has 1 aliphatic rings. The van der Waals surface area contributed by atoms with Crippen LogP contribution in [0, 0.1) is 0 Å². The number of nitrogens with one attached hydrogen (secondary N) is 1. The van der Waals surface area contributed by atoms with Crippen LogP contribution in [-0.4, -0.2) is 16.7 Å². The zero-order valence-corrected chi connectivity index (χ0v) is 11.2. The predicted octanol–water partition coefficient (Wildman–Crippen LogP) is 3.29. The Balaban J connectivity index is 2.04. The van der Waals surface area contributed by atoms with Crippen molar-refractivity contribution in [1.82, 2.24) is 5.32 Å². The van der Waals surface area contributed by atoms with E-state index < -0.39 is 5.60 Å². The summed E-state index contributed by atoms with van der Waals surface area (Å²) in [5.41, 5.74) is 0.590. The van der Waals surface area contributed by atoms with Gasteiger partial charge in [0.15, 0.2) is 0 Å². The molecule has 94 valence electrons. The van der Waals surface area contributed by atoms with E-state index in [2.05, 4.69) is 18.3 Å². The Kier molecular flexibility index (Phi) is 3.76. The van der Waals surface area contributed by atoms with Crippen molar-refractivity contribution >= 4 is 11.6 Å². The Bertz CT molecular complexity index is 392. The van der Waals surface area contributed by atoms with Gasteiger partial charge in [-0.1, -0.05) is 23.7 Å². The third-order valence-electron chi connectivity index (χ3n) is 3.73. The summed E-state index contributed by atoms with van der Waals surface area (Å²) < 4.78 is 0. The number of hydrogen-bond acceptors (Lipinski definition) is 2. The summed E-state index contributed by atoms with van der Waals surface area (Å²) in [4.78, 5) is 0. The van der Waals surface area contributed by atoms with E-state index in [1.807, 2.05) is 25.1 Å². The van der Waals surface area contributed by atoms with E-state index in [1.165, 1.54) is 5.56 Å². The molecule has 0 aliphatic heterocycles. The number of benzene rings is 1. The molecule has 1 saturated carbocycles. The summed E-state index contributed by atoms with van der Waals surface area (Å²) in [6, 6.07) is 8.27. The fourth-order valence-corrected chi connectivity index (χ4v) is 2.78. The normalized spacial score (nSPS) is 30.5. The van der Waals surface area contributed by atoms with Crippen molar-refractivity contribution in [1.29, 1.82) is 0 Å². The maximum Gasteiger partial charge on any atom is 0.0772 e. The Hall–Kier alpha value is -0.570. The second kappa shape index (κ2) is 4.97. The van der Waals surface area contributed by atoms with Crippen molar-refractivity contribution in [2.45, 2.75) is 50.8 Å². The van der Waals surface area contributed by atoms with Gasteiger partial charge in [-0.25, -0.2) is 0 Å². The van der Waals surface area contributed by atoms with Gasteiger partial charge in [0.05, 0.1) is 5.60 Å². The van der Waals surface area contributed by atoms with Gasteiger partial charge in [0.1, 0.15) is 0 Å². The van der Waals surface area contributed by atoms with Crippen LogP contribution < -0.4 is 5.32 Å². The quantitative estimate of drug-likeness (QED) is 0.867. The molecule has 2 N–H and O–H groups in total. The SMILES string of the molecule is C[C@@H](NC1CCCC1(C)O)c1cccc(Cl)c1. The van der Waals surface area contributed by atoms with Gasteiger partial charge in [0.25, 0.3) is 0 Å². The van der Waals surface area contributed by atoms with Crippen LogP contribution in [-0.2, 0) is 0 Å². The third-order valence-corrected chi connectivity index (χ3v) is 3.96. The summed E-state index contributed by atoms with van der Waals surface area (Å²) in [6.07, 6.45) is 3.01. The van der Waals surface area contributed by atoms with E-state index in [-0.39, 0.29) is 12.1 Å². The van der Waals surface area contributed by atoms with Crippen LogP contribution in [0.2, 0.25) is 5.02 Å². The van der Waals surface area contributed by atoms with Gasteiger partial charge in [0, 0.05) is 17.1 Å². The van der Waals surface area contributed by atoms with Gasteiger partial charge in [-0.2, -0.15) is 0 Å². The average molecular weight is 254 g/mol. The topological polar surface area (TPSA) is 32.3 Å². The number of halogens is 1. The second-order valence-corrected chi connectivity index (χ2v) is 5.68. The van der Waals surface area contributed by atoms with Gasteiger partial charge in [-0.05, 0) is 50.8 Å². The lowest BCUT2D eigenvalue weighted by Crippen LogP contribution is -2.45. The van der Waals surface area contributed by atoms with Gasteiger partial charge < -0.3 is 10.4 Å². The summed E-state index contributed by atoms with van der Waals surface area (Å²) >= 11 is 5.98. The van der Waals surface area contributed by atoms with E-state index in [0.717, 1.165) is 24.3 Å². The molecule has 0 heterocycles. The molecule has 0 amide bonds. The highest BCUT2D eigenvalue weighted by Gasteiger charge is 2.37. The Morgan fingerprint density at radius 3 is 2.88 bits per heavy atom. The van der Waals surface area contributed by atoms with Crippen LogP contribution in [0.1, 0.15) is 44.7 Å². The lowest BCUT2D eigenvalue weighted by molar-refractivity contribution is 0.0358. The molecule has 1 aromatic rings. The molecule has 3 atom stereocenters. The van der Waals surface area contributed by atoms with Crippen LogP contribution in [0.15, 0.2) is 24.3 Å². The summed E-state index contributed by atoms with van der Waals surface area (Å²) in [5.74, 6) is 0. The molecule has 0 bridgehead atoms. The zero-order chi connectivity index (χ0) is 12.5.